The number of phenols is 1. The van der Waals surface area contributed by atoms with Crippen LogP contribution >= 0.6 is 23.2 Å². The van der Waals surface area contributed by atoms with E-state index in [0.717, 1.165) is 0 Å². The van der Waals surface area contributed by atoms with E-state index in [4.69, 9.17) is 23.2 Å². The van der Waals surface area contributed by atoms with E-state index in [0.29, 0.717) is 5.56 Å². The van der Waals surface area contributed by atoms with Crippen LogP contribution in [0, 0.1) is 0 Å². The molecule has 1 N–H and O–H groups in total. The van der Waals surface area contributed by atoms with Crippen LogP contribution in [-0.2, 0) is 0 Å². The Hall–Kier alpha value is -1.91. The molecule has 0 bridgehead atoms. The van der Waals surface area contributed by atoms with Crippen LogP contribution in [0.5, 0.6) is 5.75 Å². The molecule has 0 saturated carbocycles. The monoisotopic (exact) mass is 309 g/mol. The number of halogens is 2. The van der Waals surface area contributed by atoms with Crippen molar-refractivity contribution in [2.45, 2.75) is 6.42 Å². The minimum absolute atomic E-state index is 0.0327. The molecule has 0 aliphatic carbocycles. The number of aromatic nitrogens is 1. The Labute approximate surface area is 125 Å². The summed E-state index contributed by atoms with van der Waals surface area (Å²) in [5.41, 5.74) is 0.258. The van der Waals surface area contributed by atoms with Gasteiger partial charge in [-0.25, -0.2) is 0 Å². The highest BCUT2D eigenvalue weighted by molar-refractivity contribution is 6.36. The lowest BCUT2D eigenvalue weighted by molar-refractivity contribution is 0.0893. The zero-order valence-electron chi connectivity index (χ0n) is 10.1. The largest absolute Gasteiger partial charge is 0.506 e. The predicted molar refractivity (Wildman–Crippen MR) is 75.6 cm³/mol. The maximum atomic E-state index is 12.0. The average molecular weight is 310 g/mol. The number of hydrogen-bond donors (Lipinski definition) is 1. The summed E-state index contributed by atoms with van der Waals surface area (Å²) in [6.07, 6.45) is 2.51. The Morgan fingerprint density at radius 3 is 2.60 bits per heavy atom. The maximum Gasteiger partial charge on any atom is 0.174 e. The van der Waals surface area contributed by atoms with E-state index in [1.807, 2.05) is 0 Å². The Kier molecular flexibility index (Phi) is 4.37. The summed E-state index contributed by atoms with van der Waals surface area (Å²) in [5, 5.41) is 9.92. The Morgan fingerprint density at radius 2 is 1.95 bits per heavy atom. The number of hydrogen-bond acceptors (Lipinski definition) is 4. The van der Waals surface area contributed by atoms with Crippen LogP contribution in [0.4, 0.5) is 0 Å². The SMILES string of the molecule is O=C(CC(=O)c1cc(Cl)cc(Cl)c1O)c1cccnc1. The second kappa shape index (κ2) is 6.03. The fourth-order valence-electron chi connectivity index (χ4n) is 1.65. The number of pyridine rings is 1. The van der Waals surface area contributed by atoms with Gasteiger partial charge in [-0.3, -0.25) is 14.6 Å². The van der Waals surface area contributed by atoms with Crippen molar-refractivity contribution in [3.8, 4) is 5.75 Å². The second-order valence-corrected chi connectivity index (χ2v) is 4.89. The lowest BCUT2D eigenvalue weighted by Crippen LogP contribution is -2.09. The topological polar surface area (TPSA) is 67.3 Å². The number of carbonyl (C=O) groups excluding carboxylic acids is 2. The summed E-state index contributed by atoms with van der Waals surface area (Å²) in [7, 11) is 0. The van der Waals surface area contributed by atoms with Crippen molar-refractivity contribution in [1.29, 1.82) is 0 Å². The van der Waals surface area contributed by atoms with Gasteiger partial charge in [0.1, 0.15) is 5.75 Å². The molecule has 1 aromatic heterocycles. The van der Waals surface area contributed by atoms with Crippen LogP contribution in [0.15, 0.2) is 36.7 Å². The molecule has 1 heterocycles. The van der Waals surface area contributed by atoms with Crippen LogP contribution in [0.2, 0.25) is 10.0 Å². The van der Waals surface area contributed by atoms with E-state index in [2.05, 4.69) is 4.98 Å². The van der Waals surface area contributed by atoms with E-state index in [1.54, 1.807) is 12.1 Å². The molecule has 0 saturated heterocycles. The number of benzene rings is 1. The molecule has 0 aliphatic heterocycles. The molecule has 0 spiro atoms. The fourth-order valence-corrected chi connectivity index (χ4v) is 2.14. The van der Waals surface area contributed by atoms with E-state index in [-0.39, 0.29) is 21.4 Å². The minimum Gasteiger partial charge on any atom is -0.506 e. The van der Waals surface area contributed by atoms with E-state index < -0.39 is 18.0 Å². The van der Waals surface area contributed by atoms with Gasteiger partial charge in [0.05, 0.1) is 17.0 Å². The first-order chi connectivity index (χ1) is 9.49. The van der Waals surface area contributed by atoms with Gasteiger partial charge in [-0.1, -0.05) is 23.2 Å². The van der Waals surface area contributed by atoms with Crippen LogP contribution in [0.3, 0.4) is 0 Å². The molecule has 0 fully saturated rings. The first kappa shape index (κ1) is 14.5. The van der Waals surface area contributed by atoms with Gasteiger partial charge in [0.15, 0.2) is 11.6 Å². The van der Waals surface area contributed by atoms with Gasteiger partial charge in [0.25, 0.3) is 0 Å². The molecule has 0 amide bonds. The van der Waals surface area contributed by atoms with Crippen LogP contribution in [0.25, 0.3) is 0 Å². The highest BCUT2D eigenvalue weighted by atomic mass is 35.5. The third-order valence-electron chi connectivity index (χ3n) is 2.63. The number of ketones is 2. The van der Waals surface area contributed by atoms with Gasteiger partial charge in [0.2, 0.25) is 0 Å². The Balaban J connectivity index is 2.23. The molecule has 20 heavy (non-hydrogen) atoms. The maximum absolute atomic E-state index is 12.0. The predicted octanol–water partition coefficient (Wildman–Crippen LogP) is 3.55. The normalized spacial score (nSPS) is 10.3. The lowest BCUT2D eigenvalue weighted by Gasteiger charge is -2.06. The zero-order chi connectivity index (χ0) is 14.7. The Morgan fingerprint density at radius 1 is 1.20 bits per heavy atom. The summed E-state index contributed by atoms with van der Waals surface area (Å²) in [5.74, 6) is -1.32. The molecular formula is C14H9Cl2NO3. The number of Topliss-reactive ketones (excluding diaryl/α,β-unsaturated/α-hetero) is 2. The molecule has 2 rings (SSSR count). The highest BCUT2D eigenvalue weighted by Crippen LogP contribution is 2.32. The van der Waals surface area contributed by atoms with Crippen molar-refractivity contribution < 1.29 is 14.7 Å². The fraction of sp³-hybridized carbons (Fsp3) is 0.0714. The number of aromatic hydroxyl groups is 1. The summed E-state index contributed by atoms with van der Waals surface area (Å²) in [6, 6.07) is 5.76. The number of carbonyl (C=O) groups is 2. The summed E-state index contributed by atoms with van der Waals surface area (Å²) in [6.45, 7) is 0. The first-order valence-corrected chi connectivity index (χ1v) is 6.39. The zero-order valence-corrected chi connectivity index (χ0v) is 11.6. The molecule has 0 atom stereocenters. The molecule has 102 valence electrons. The third-order valence-corrected chi connectivity index (χ3v) is 3.14. The lowest BCUT2D eigenvalue weighted by atomic mass is 10.0. The van der Waals surface area contributed by atoms with Crippen molar-refractivity contribution in [2.24, 2.45) is 0 Å². The van der Waals surface area contributed by atoms with Gasteiger partial charge in [-0.05, 0) is 24.3 Å². The molecule has 4 nitrogen and oxygen atoms in total. The minimum atomic E-state index is -0.555. The van der Waals surface area contributed by atoms with Crippen molar-refractivity contribution in [1.82, 2.24) is 4.98 Å². The molecular weight excluding hydrogens is 301 g/mol. The van der Waals surface area contributed by atoms with Gasteiger partial charge >= 0.3 is 0 Å². The molecule has 6 heteroatoms. The molecule has 0 radical (unpaired) electrons. The van der Waals surface area contributed by atoms with Crippen LogP contribution in [-0.4, -0.2) is 21.7 Å². The first-order valence-electron chi connectivity index (χ1n) is 5.63. The molecule has 0 unspecified atom stereocenters. The smallest absolute Gasteiger partial charge is 0.174 e. The molecule has 2 aromatic rings. The third kappa shape index (κ3) is 3.15. The highest BCUT2D eigenvalue weighted by Gasteiger charge is 2.19. The summed E-state index contributed by atoms with van der Waals surface area (Å²) < 4.78 is 0. The number of phenolic OH excluding ortho intramolecular Hbond substituents is 1. The van der Waals surface area contributed by atoms with Crippen molar-refractivity contribution >= 4 is 34.8 Å². The van der Waals surface area contributed by atoms with Gasteiger partial charge in [-0.15, -0.1) is 0 Å². The van der Waals surface area contributed by atoms with Gasteiger partial charge in [0, 0.05) is 23.0 Å². The van der Waals surface area contributed by atoms with Gasteiger partial charge < -0.3 is 5.11 Å². The standard InChI is InChI=1S/C14H9Cl2NO3/c15-9-4-10(14(20)11(16)5-9)13(19)6-12(18)8-2-1-3-17-7-8/h1-5,7,20H,6H2. The number of nitrogens with zero attached hydrogens (tertiary/aromatic N) is 1. The summed E-state index contributed by atoms with van der Waals surface area (Å²) in [4.78, 5) is 27.7. The van der Waals surface area contributed by atoms with E-state index >= 15 is 0 Å². The van der Waals surface area contributed by atoms with Gasteiger partial charge in [-0.2, -0.15) is 0 Å². The van der Waals surface area contributed by atoms with E-state index in [9.17, 15) is 14.7 Å². The van der Waals surface area contributed by atoms with Crippen molar-refractivity contribution in [2.75, 3.05) is 0 Å². The number of rotatable bonds is 4. The van der Waals surface area contributed by atoms with Crippen LogP contribution < -0.4 is 0 Å². The second-order valence-electron chi connectivity index (χ2n) is 4.05. The van der Waals surface area contributed by atoms with Crippen LogP contribution in [0.1, 0.15) is 27.1 Å². The molecule has 0 aliphatic rings. The quantitative estimate of drug-likeness (QED) is 0.692. The van der Waals surface area contributed by atoms with Crippen molar-refractivity contribution in [3.63, 3.8) is 0 Å². The van der Waals surface area contributed by atoms with E-state index in [1.165, 1.54) is 24.5 Å². The molecule has 1 aromatic carbocycles. The summed E-state index contributed by atoms with van der Waals surface area (Å²) >= 11 is 11.5. The average Bonchev–Trinajstić information content (AvgIpc) is 2.43. The Bertz CT molecular complexity index is 672. The van der Waals surface area contributed by atoms with Crippen molar-refractivity contribution in [3.05, 3.63) is 57.8 Å².